The fraction of sp³-hybridized carbons (Fsp3) is 0.214. The Morgan fingerprint density at radius 3 is 2.80 bits per heavy atom. The third kappa shape index (κ3) is 1.95. The average molecular weight is 270 g/mol. The van der Waals surface area contributed by atoms with Crippen molar-refractivity contribution < 1.29 is 4.74 Å². The Labute approximate surface area is 115 Å². The monoisotopic (exact) mass is 270 g/mol. The van der Waals surface area contributed by atoms with Gasteiger partial charge in [-0.05, 0) is 24.6 Å². The van der Waals surface area contributed by atoms with Crippen LogP contribution in [0.5, 0.6) is 5.88 Å². The lowest BCUT2D eigenvalue weighted by Crippen LogP contribution is -2.06. The van der Waals surface area contributed by atoms with Crippen LogP contribution in [0.1, 0.15) is 12.6 Å². The molecule has 0 unspecified atom stereocenters. The molecular weight excluding hydrogens is 256 g/mol. The Hall–Kier alpha value is -2.63. The molecule has 6 heteroatoms. The molecule has 0 radical (unpaired) electrons. The van der Waals surface area contributed by atoms with Crippen LogP contribution in [0, 0.1) is 0 Å². The molecular formula is C14H14N4O2. The molecule has 102 valence electrons. The van der Waals surface area contributed by atoms with Crippen molar-refractivity contribution in [2.24, 2.45) is 0 Å². The number of fused-ring (bicyclic) bond motifs is 1. The van der Waals surface area contributed by atoms with Gasteiger partial charge in [-0.15, -0.1) is 0 Å². The zero-order valence-corrected chi connectivity index (χ0v) is 11.3. The van der Waals surface area contributed by atoms with Crippen LogP contribution in [-0.4, -0.2) is 26.9 Å². The van der Waals surface area contributed by atoms with E-state index in [-0.39, 0.29) is 5.56 Å². The van der Waals surface area contributed by atoms with Crippen molar-refractivity contribution in [3.8, 4) is 17.1 Å². The van der Waals surface area contributed by atoms with E-state index in [0.717, 1.165) is 23.2 Å². The van der Waals surface area contributed by atoms with Crippen molar-refractivity contribution in [3.05, 3.63) is 46.4 Å². The second-order valence-electron chi connectivity index (χ2n) is 4.38. The van der Waals surface area contributed by atoms with E-state index in [9.17, 15) is 4.79 Å². The summed E-state index contributed by atoms with van der Waals surface area (Å²) in [5.74, 6) is 0.660. The number of H-pyrrole nitrogens is 1. The Balaban J connectivity index is 2.28. The first-order valence-corrected chi connectivity index (χ1v) is 6.34. The van der Waals surface area contributed by atoms with Gasteiger partial charge in [-0.1, -0.05) is 6.92 Å². The van der Waals surface area contributed by atoms with Crippen molar-refractivity contribution in [1.82, 2.24) is 19.8 Å². The quantitative estimate of drug-likeness (QED) is 0.785. The maximum atomic E-state index is 11.1. The predicted octanol–water partition coefficient (Wildman–Crippen LogP) is 1.66. The number of aryl methyl sites for hydroxylation is 1. The molecule has 0 saturated heterocycles. The third-order valence-corrected chi connectivity index (χ3v) is 3.16. The summed E-state index contributed by atoms with van der Waals surface area (Å²) in [7, 11) is 1.61. The molecule has 0 fully saturated rings. The SMILES string of the molecule is CCc1cc2c(-c3ccc(=O)[nH]n3)ccc(OC)n2n1. The van der Waals surface area contributed by atoms with Crippen LogP contribution in [0.25, 0.3) is 16.8 Å². The number of nitrogens with zero attached hydrogens (tertiary/aromatic N) is 3. The summed E-state index contributed by atoms with van der Waals surface area (Å²) < 4.78 is 7.07. The zero-order chi connectivity index (χ0) is 14.1. The van der Waals surface area contributed by atoms with E-state index in [1.807, 2.05) is 25.1 Å². The summed E-state index contributed by atoms with van der Waals surface area (Å²) in [6, 6.07) is 8.90. The Morgan fingerprint density at radius 1 is 1.30 bits per heavy atom. The van der Waals surface area contributed by atoms with Gasteiger partial charge in [-0.3, -0.25) is 4.79 Å². The van der Waals surface area contributed by atoms with E-state index in [0.29, 0.717) is 11.6 Å². The van der Waals surface area contributed by atoms with E-state index >= 15 is 0 Å². The van der Waals surface area contributed by atoms with Crippen LogP contribution in [0.3, 0.4) is 0 Å². The number of ether oxygens (including phenoxy) is 1. The zero-order valence-electron chi connectivity index (χ0n) is 11.3. The second kappa shape index (κ2) is 4.80. The number of hydrogen-bond donors (Lipinski definition) is 1. The Kier molecular flexibility index (Phi) is 2.98. The standard InChI is InChI=1S/C14H14N4O2/c1-3-9-8-12-10(11-5-6-13(19)16-15-11)4-7-14(20-2)18(12)17-9/h4-8H,3H2,1-2H3,(H,16,19). The molecule has 0 aliphatic rings. The topological polar surface area (TPSA) is 72.3 Å². The first-order chi connectivity index (χ1) is 9.72. The fourth-order valence-corrected chi connectivity index (χ4v) is 2.14. The van der Waals surface area contributed by atoms with Crippen molar-refractivity contribution in [3.63, 3.8) is 0 Å². The lowest BCUT2D eigenvalue weighted by molar-refractivity contribution is 0.385. The van der Waals surface area contributed by atoms with E-state index in [1.54, 1.807) is 17.7 Å². The van der Waals surface area contributed by atoms with E-state index in [1.165, 1.54) is 6.07 Å². The van der Waals surface area contributed by atoms with E-state index < -0.39 is 0 Å². The van der Waals surface area contributed by atoms with Crippen molar-refractivity contribution >= 4 is 5.52 Å². The molecule has 0 bridgehead atoms. The minimum Gasteiger partial charge on any atom is -0.481 e. The largest absolute Gasteiger partial charge is 0.481 e. The van der Waals surface area contributed by atoms with E-state index in [2.05, 4.69) is 15.3 Å². The first-order valence-electron chi connectivity index (χ1n) is 6.34. The molecule has 1 N–H and O–H groups in total. The lowest BCUT2D eigenvalue weighted by atomic mass is 10.1. The summed E-state index contributed by atoms with van der Waals surface area (Å²) in [6.45, 7) is 2.05. The average Bonchev–Trinajstić information content (AvgIpc) is 2.91. The van der Waals surface area contributed by atoms with Crippen LogP contribution in [0.15, 0.2) is 35.1 Å². The van der Waals surface area contributed by atoms with Crippen LogP contribution >= 0.6 is 0 Å². The minimum atomic E-state index is -0.221. The van der Waals surface area contributed by atoms with Crippen LogP contribution in [0.4, 0.5) is 0 Å². The van der Waals surface area contributed by atoms with Gasteiger partial charge in [-0.2, -0.15) is 10.2 Å². The number of aromatic nitrogens is 4. The minimum absolute atomic E-state index is 0.221. The number of aromatic amines is 1. The molecule has 0 aliphatic carbocycles. The third-order valence-electron chi connectivity index (χ3n) is 3.16. The van der Waals surface area contributed by atoms with E-state index in [4.69, 9.17) is 4.74 Å². The molecule has 3 heterocycles. The van der Waals surface area contributed by atoms with Crippen LogP contribution < -0.4 is 10.3 Å². The fourth-order valence-electron chi connectivity index (χ4n) is 2.14. The van der Waals surface area contributed by atoms with Crippen LogP contribution in [0.2, 0.25) is 0 Å². The van der Waals surface area contributed by atoms with Gasteiger partial charge in [-0.25, -0.2) is 9.61 Å². The molecule has 3 aromatic rings. The molecule has 3 rings (SSSR count). The molecule has 0 spiro atoms. The summed E-state index contributed by atoms with van der Waals surface area (Å²) in [5.41, 5.74) is 3.25. The molecule has 3 aromatic heterocycles. The highest BCUT2D eigenvalue weighted by atomic mass is 16.5. The number of nitrogens with one attached hydrogen (secondary N) is 1. The first kappa shape index (κ1) is 12.4. The van der Waals surface area contributed by atoms with Gasteiger partial charge in [0.1, 0.15) is 0 Å². The number of pyridine rings is 1. The molecule has 0 saturated carbocycles. The summed E-state index contributed by atoms with van der Waals surface area (Å²) in [5, 5.41) is 11.0. The van der Waals surface area contributed by atoms with Crippen molar-refractivity contribution in [2.45, 2.75) is 13.3 Å². The van der Waals surface area contributed by atoms with Crippen molar-refractivity contribution in [1.29, 1.82) is 0 Å². The second-order valence-corrected chi connectivity index (χ2v) is 4.38. The number of hydrogen-bond acceptors (Lipinski definition) is 4. The summed E-state index contributed by atoms with van der Waals surface area (Å²) in [4.78, 5) is 11.1. The number of rotatable bonds is 3. The van der Waals surface area contributed by atoms with Gasteiger partial charge < -0.3 is 4.74 Å². The van der Waals surface area contributed by atoms with Crippen LogP contribution in [-0.2, 0) is 6.42 Å². The summed E-state index contributed by atoms with van der Waals surface area (Å²) >= 11 is 0. The molecule has 0 atom stereocenters. The van der Waals surface area contributed by atoms with Gasteiger partial charge in [0.25, 0.3) is 5.56 Å². The Morgan fingerprint density at radius 2 is 2.15 bits per heavy atom. The highest BCUT2D eigenvalue weighted by Crippen LogP contribution is 2.26. The smallest absolute Gasteiger partial charge is 0.264 e. The Bertz CT molecular complexity index is 799. The van der Waals surface area contributed by atoms with Crippen molar-refractivity contribution in [2.75, 3.05) is 7.11 Å². The van der Waals surface area contributed by atoms with Gasteiger partial charge in [0.15, 0.2) is 0 Å². The maximum absolute atomic E-state index is 11.1. The highest BCUT2D eigenvalue weighted by Gasteiger charge is 2.12. The molecule has 20 heavy (non-hydrogen) atoms. The van der Waals surface area contributed by atoms with Gasteiger partial charge in [0.2, 0.25) is 5.88 Å². The molecule has 0 aromatic carbocycles. The van der Waals surface area contributed by atoms with Gasteiger partial charge in [0, 0.05) is 17.7 Å². The predicted molar refractivity (Wildman–Crippen MR) is 75.0 cm³/mol. The molecule has 0 amide bonds. The molecule has 6 nitrogen and oxygen atoms in total. The molecule has 0 aliphatic heterocycles. The maximum Gasteiger partial charge on any atom is 0.264 e. The highest BCUT2D eigenvalue weighted by molar-refractivity contribution is 5.78. The summed E-state index contributed by atoms with van der Waals surface area (Å²) in [6.07, 6.45) is 0.837. The normalized spacial score (nSPS) is 10.9. The van der Waals surface area contributed by atoms with Gasteiger partial charge >= 0.3 is 0 Å². The lowest BCUT2D eigenvalue weighted by Gasteiger charge is -2.07. The number of methoxy groups -OCH3 is 1. The van der Waals surface area contributed by atoms with Gasteiger partial charge in [0.05, 0.1) is 24.0 Å².